The Kier molecular flexibility index (Phi) is 4.59. The number of nitrogens with one attached hydrogen (secondary N) is 1. The number of halogens is 2. The lowest BCUT2D eigenvalue weighted by Gasteiger charge is -2.07. The van der Waals surface area contributed by atoms with Gasteiger partial charge in [0.25, 0.3) is 5.91 Å². The fourth-order valence-electron chi connectivity index (χ4n) is 1.20. The molecule has 5 nitrogen and oxygen atoms in total. The summed E-state index contributed by atoms with van der Waals surface area (Å²) in [5, 5.41) is 2.14. The van der Waals surface area contributed by atoms with Crippen molar-refractivity contribution in [3.63, 3.8) is 0 Å². The van der Waals surface area contributed by atoms with Crippen LogP contribution in [0.2, 0.25) is 0 Å². The summed E-state index contributed by atoms with van der Waals surface area (Å²) >= 11 is 0. The number of hydrogen-bond acceptors (Lipinski definition) is 4. The van der Waals surface area contributed by atoms with Gasteiger partial charge in [-0.3, -0.25) is 9.59 Å². The Morgan fingerprint density at radius 2 is 2.00 bits per heavy atom. The van der Waals surface area contributed by atoms with Crippen LogP contribution in [-0.2, 0) is 9.53 Å². The summed E-state index contributed by atoms with van der Waals surface area (Å²) in [7, 11) is 0. The second-order valence-corrected chi connectivity index (χ2v) is 3.34. The Labute approximate surface area is 102 Å². The minimum Gasteiger partial charge on any atom is -0.465 e. The smallest absolute Gasteiger partial charge is 0.325 e. The van der Waals surface area contributed by atoms with Crippen molar-refractivity contribution in [3.05, 3.63) is 29.3 Å². The molecule has 0 bridgehead atoms. The molecule has 1 aromatic rings. The van der Waals surface area contributed by atoms with Crippen molar-refractivity contribution in [2.24, 2.45) is 0 Å². The van der Waals surface area contributed by atoms with Crippen molar-refractivity contribution in [1.29, 1.82) is 0 Å². The molecular formula is C11H12F2N2O3. The van der Waals surface area contributed by atoms with Gasteiger partial charge in [-0.15, -0.1) is 0 Å². The summed E-state index contributed by atoms with van der Waals surface area (Å²) in [4.78, 5) is 22.5. The van der Waals surface area contributed by atoms with Crippen LogP contribution in [0, 0.1) is 11.6 Å². The van der Waals surface area contributed by atoms with Crippen LogP contribution in [0.5, 0.6) is 0 Å². The van der Waals surface area contributed by atoms with Gasteiger partial charge in [0.15, 0.2) is 0 Å². The molecule has 0 heterocycles. The highest BCUT2D eigenvalue weighted by molar-refractivity contribution is 5.96. The Morgan fingerprint density at radius 3 is 2.61 bits per heavy atom. The summed E-state index contributed by atoms with van der Waals surface area (Å²) in [6.45, 7) is 1.38. The van der Waals surface area contributed by atoms with Crippen LogP contribution >= 0.6 is 0 Å². The zero-order valence-electron chi connectivity index (χ0n) is 9.63. The predicted molar refractivity (Wildman–Crippen MR) is 59.7 cm³/mol. The number of benzene rings is 1. The van der Waals surface area contributed by atoms with Crippen molar-refractivity contribution in [3.8, 4) is 0 Å². The minimum absolute atomic E-state index is 0.173. The summed E-state index contributed by atoms with van der Waals surface area (Å²) in [6.07, 6.45) is 0. The molecule has 0 aromatic heterocycles. The van der Waals surface area contributed by atoms with E-state index in [4.69, 9.17) is 5.73 Å². The molecule has 1 aromatic carbocycles. The van der Waals surface area contributed by atoms with Gasteiger partial charge < -0.3 is 15.8 Å². The Bertz CT molecular complexity index is 478. The van der Waals surface area contributed by atoms with E-state index in [-0.39, 0.29) is 12.3 Å². The number of carbonyl (C=O) groups is 2. The predicted octanol–water partition coefficient (Wildman–Crippen LogP) is 0.840. The monoisotopic (exact) mass is 258 g/mol. The number of anilines is 1. The molecule has 0 unspecified atom stereocenters. The standard InChI is InChI=1S/C11H12F2N2O3/c1-2-18-10(16)5-15-11(17)6-3-9(14)8(13)4-7(6)12/h3-4H,2,5,14H2,1H3,(H,15,17). The van der Waals surface area contributed by atoms with Crippen LogP contribution in [0.4, 0.5) is 14.5 Å². The fraction of sp³-hybridized carbons (Fsp3) is 0.273. The molecule has 0 atom stereocenters. The number of hydrogen-bond donors (Lipinski definition) is 2. The zero-order chi connectivity index (χ0) is 13.7. The summed E-state index contributed by atoms with van der Waals surface area (Å²) in [5.41, 5.74) is 4.44. The van der Waals surface area contributed by atoms with Crippen LogP contribution in [0.3, 0.4) is 0 Å². The molecule has 0 saturated carbocycles. The molecule has 1 amide bonds. The number of ether oxygens (including phenoxy) is 1. The molecule has 3 N–H and O–H groups in total. The SMILES string of the molecule is CCOC(=O)CNC(=O)c1cc(N)c(F)cc1F. The fourth-order valence-corrected chi connectivity index (χ4v) is 1.20. The molecule has 7 heteroatoms. The van der Waals surface area contributed by atoms with E-state index in [2.05, 4.69) is 10.1 Å². The van der Waals surface area contributed by atoms with E-state index >= 15 is 0 Å². The number of carbonyl (C=O) groups excluding carboxylic acids is 2. The number of nitrogens with two attached hydrogens (primary N) is 1. The first kappa shape index (κ1) is 13.9. The Hall–Kier alpha value is -2.18. The van der Waals surface area contributed by atoms with Crippen molar-refractivity contribution in [2.75, 3.05) is 18.9 Å². The van der Waals surface area contributed by atoms with Gasteiger partial charge in [-0.25, -0.2) is 8.78 Å². The average molecular weight is 258 g/mol. The van der Waals surface area contributed by atoms with Gasteiger partial charge >= 0.3 is 5.97 Å². The summed E-state index contributed by atoms with van der Waals surface area (Å²) in [6, 6.07) is 1.37. The number of amides is 1. The Morgan fingerprint density at radius 1 is 1.33 bits per heavy atom. The third-order valence-corrected chi connectivity index (χ3v) is 2.03. The van der Waals surface area contributed by atoms with Gasteiger partial charge in [-0.1, -0.05) is 0 Å². The van der Waals surface area contributed by atoms with Gasteiger partial charge in [0.1, 0.15) is 18.2 Å². The largest absolute Gasteiger partial charge is 0.465 e. The molecule has 98 valence electrons. The van der Waals surface area contributed by atoms with Gasteiger partial charge in [0.2, 0.25) is 0 Å². The third-order valence-electron chi connectivity index (χ3n) is 2.03. The van der Waals surface area contributed by atoms with Crippen molar-refractivity contribution >= 4 is 17.6 Å². The lowest BCUT2D eigenvalue weighted by molar-refractivity contribution is -0.141. The lowest BCUT2D eigenvalue weighted by Crippen LogP contribution is -2.31. The van der Waals surface area contributed by atoms with Gasteiger partial charge in [0, 0.05) is 6.07 Å². The molecule has 0 aliphatic rings. The molecule has 0 fully saturated rings. The maximum atomic E-state index is 13.3. The van der Waals surface area contributed by atoms with Crippen LogP contribution in [-0.4, -0.2) is 25.0 Å². The van der Waals surface area contributed by atoms with Crippen LogP contribution in [0.15, 0.2) is 12.1 Å². The van der Waals surface area contributed by atoms with Crippen molar-refractivity contribution in [2.45, 2.75) is 6.92 Å². The van der Waals surface area contributed by atoms with Gasteiger partial charge in [-0.2, -0.15) is 0 Å². The molecule has 0 saturated heterocycles. The molecule has 18 heavy (non-hydrogen) atoms. The summed E-state index contributed by atoms with van der Waals surface area (Å²) < 4.78 is 30.7. The quantitative estimate of drug-likeness (QED) is 0.619. The maximum absolute atomic E-state index is 13.3. The van der Waals surface area contributed by atoms with Gasteiger partial charge in [0.05, 0.1) is 17.9 Å². The van der Waals surface area contributed by atoms with Crippen LogP contribution in [0.25, 0.3) is 0 Å². The van der Waals surface area contributed by atoms with Gasteiger partial charge in [-0.05, 0) is 13.0 Å². The molecule has 1 rings (SSSR count). The number of nitrogen functional groups attached to an aromatic ring is 1. The van der Waals surface area contributed by atoms with E-state index in [0.717, 1.165) is 6.07 Å². The number of rotatable bonds is 4. The highest BCUT2D eigenvalue weighted by Crippen LogP contribution is 2.16. The second-order valence-electron chi connectivity index (χ2n) is 3.34. The van der Waals surface area contributed by atoms with E-state index in [1.165, 1.54) is 0 Å². The topological polar surface area (TPSA) is 81.4 Å². The lowest BCUT2D eigenvalue weighted by atomic mass is 10.1. The zero-order valence-corrected chi connectivity index (χ0v) is 9.63. The van der Waals surface area contributed by atoms with E-state index in [0.29, 0.717) is 6.07 Å². The van der Waals surface area contributed by atoms with Crippen LogP contribution in [0.1, 0.15) is 17.3 Å². The van der Waals surface area contributed by atoms with E-state index < -0.39 is 35.6 Å². The molecule has 0 aliphatic heterocycles. The minimum atomic E-state index is -1.05. The highest BCUT2D eigenvalue weighted by atomic mass is 19.1. The van der Waals surface area contributed by atoms with Crippen molar-refractivity contribution < 1.29 is 23.1 Å². The summed E-state index contributed by atoms with van der Waals surface area (Å²) in [5.74, 6) is -3.52. The first-order valence-electron chi connectivity index (χ1n) is 5.14. The Balaban J connectivity index is 2.73. The molecular weight excluding hydrogens is 246 g/mol. The van der Waals surface area contributed by atoms with E-state index in [9.17, 15) is 18.4 Å². The normalized spacial score (nSPS) is 9.94. The average Bonchev–Trinajstić information content (AvgIpc) is 2.31. The third kappa shape index (κ3) is 3.41. The van der Waals surface area contributed by atoms with Crippen molar-refractivity contribution in [1.82, 2.24) is 5.32 Å². The van der Waals surface area contributed by atoms with Crippen LogP contribution < -0.4 is 11.1 Å². The molecule has 0 aliphatic carbocycles. The molecule has 0 spiro atoms. The van der Waals surface area contributed by atoms with E-state index in [1.54, 1.807) is 6.92 Å². The van der Waals surface area contributed by atoms with E-state index in [1.807, 2.05) is 0 Å². The molecule has 0 radical (unpaired) electrons. The number of esters is 1. The highest BCUT2D eigenvalue weighted by Gasteiger charge is 2.15. The second kappa shape index (κ2) is 5.95. The first-order valence-corrected chi connectivity index (χ1v) is 5.14. The first-order chi connectivity index (χ1) is 8.45. The maximum Gasteiger partial charge on any atom is 0.325 e.